The molecule has 2 rings (SSSR count). The Balaban J connectivity index is 2.17. The van der Waals surface area contributed by atoms with Crippen molar-refractivity contribution in [2.75, 3.05) is 6.61 Å². The van der Waals surface area contributed by atoms with Crippen LogP contribution in [0.3, 0.4) is 0 Å². The first-order chi connectivity index (χ1) is 9.72. The van der Waals surface area contributed by atoms with E-state index in [0.29, 0.717) is 16.9 Å². The van der Waals surface area contributed by atoms with Crippen LogP contribution in [-0.4, -0.2) is 22.6 Å². The lowest BCUT2D eigenvalue weighted by Gasteiger charge is -2.12. The molecule has 2 N–H and O–H groups in total. The topological polar surface area (TPSA) is 75.4 Å². The average Bonchev–Trinajstić information content (AvgIpc) is 2.99. The Kier molecular flexibility index (Phi) is 4.53. The summed E-state index contributed by atoms with van der Waals surface area (Å²) in [5.41, 5.74) is 0.894. The van der Waals surface area contributed by atoms with Gasteiger partial charge in [-0.25, -0.2) is 0 Å². The van der Waals surface area contributed by atoms with Gasteiger partial charge in [-0.1, -0.05) is 11.8 Å². The Morgan fingerprint density at radius 1 is 1.55 bits per heavy atom. The summed E-state index contributed by atoms with van der Waals surface area (Å²) in [5.74, 6) is 5.62. The number of nitrogens with one attached hydrogen (secondary N) is 1. The number of aromatic nitrogens is 1. The molecule has 0 aromatic carbocycles. The normalized spacial score (nSPS) is 11.3. The highest BCUT2D eigenvalue weighted by Crippen LogP contribution is 2.14. The number of pyridine rings is 1. The first kappa shape index (κ1) is 13.8. The van der Waals surface area contributed by atoms with E-state index < -0.39 is 0 Å². The molecule has 0 saturated carbocycles. The molecule has 1 amide bonds. The summed E-state index contributed by atoms with van der Waals surface area (Å²) in [6.07, 6.45) is 4.58. The highest BCUT2D eigenvalue weighted by molar-refractivity contribution is 5.96. The predicted molar refractivity (Wildman–Crippen MR) is 72.8 cm³/mol. The van der Waals surface area contributed by atoms with Gasteiger partial charge >= 0.3 is 0 Å². The van der Waals surface area contributed by atoms with E-state index in [1.54, 1.807) is 24.5 Å². The summed E-state index contributed by atoms with van der Waals surface area (Å²) in [4.78, 5) is 16.2. The Bertz CT molecular complexity index is 639. The number of amides is 1. The van der Waals surface area contributed by atoms with Crippen LogP contribution in [0.25, 0.3) is 0 Å². The van der Waals surface area contributed by atoms with Crippen LogP contribution < -0.4 is 5.32 Å². The van der Waals surface area contributed by atoms with Crippen molar-refractivity contribution in [3.8, 4) is 11.8 Å². The molecule has 102 valence electrons. The lowest BCUT2D eigenvalue weighted by atomic mass is 10.1. The van der Waals surface area contributed by atoms with E-state index in [2.05, 4.69) is 22.1 Å². The number of aliphatic hydroxyl groups is 1. The maximum Gasteiger partial charge on any atom is 0.253 e. The second-order valence-electron chi connectivity index (χ2n) is 4.09. The van der Waals surface area contributed by atoms with Crippen LogP contribution in [0, 0.1) is 11.8 Å². The third kappa shape index (κ3) is 3.25. The maximum atomic E-state index is 12.2. The zero-order valence-electron chi connectivity index (χ0n) is 11.0. The molecule has 0 aliphatic carbocycles. The molecule has 0 radical (unpaired) electrons. The molecule has 2 aromatic rings. The van der Waals surface area contributed by atoms with Crippen molar-refractivity contribution in [2.24, 2.45) is 0 Å². The van der Waals surface area contributed by atoms with Gasteiger partial charge in [0.15, 0.2) is 0 Å². The number of hydrogen-bond acceptors (Lipinski definition) is 4. The number of carbonyl (C=O) groups excluding carboxylic acids is 1. The van der Waals surface area contributed by atoms with Crippen molar-refractivity contribution in [1.82, 2.24) is 10.3 Å². The van der Waals surface area contributed by atoms with E-state index in [9.17, 15) is 4.79 Å². The number of hydrogen-bond donors (Lipinski definition) is 2. The van der Waals surface area contributed by atoms with Gasteiger partial charge in [0.25, 0.3) is 5.91 Å². The summed E-state index contributed by atoms with van der Waals surface area (Å²) in [6, 6.07) is 4.90. The first-order valence-corrected chi connectivity index (χ1v) is 6.10. The van der Waals surface area contributed by atoms with E-state index in [-0.39, 0.29) is 18.6 Å². The zero-order chi connectivity index (χ0) is 14.4. The smallest absolute Gasteiger partial charge is 0.253 e. The fraction of sp³-hybridized carbons (Fsp3) is 0.200. The van der Waals surface area contributed by atoms with Crippen molar-refractivity contribution in [3.63, 3.8) is 0 Å². The van der Waals surface area contributed by atoms with Gasteiger partial charge in [0.05, 0.1) is 23.4 Å². The molecular weight excluding hydrogens is 256 g/mol. The number of nitrogens with zero attached hydrogens (tertiary/aromatic N) is 1. The molecule has 0 aliphatic rings. The van der Waals surface area contributed by atoms with Crippen LogP contribution in [-0.2, 0) is 0 Å². The van der Waals surface area contributed by atoms with Gasteiger partial charge in [0.2, 0.25) is 0 Å². The van der Waals surface area contributed by atoms with Crippen molar-refractivity contribution < 1.29 is 14.3 Å². The zero-order valence-corrected chi connectivity index (χ0v) is 11.0. The van der Waals surface area contributed by atoms with Crippen LogP contribution in [0.1, 0.15) is 34.6 Å². The average molecular weight is 270 g/mol. The van der Waals surface area contributed by atoms with Crippen molar-refractivity contribution >= 4 is 5.91 Å². The third-order valence-electron chi connectivity index (χ3n) is 2.69. The molecule has 2 aromatic heterocycles. The van der Waals surface area contributed by atoms with Crippen molar-refractivity contribution in [1.29, 1.82) is 0 Å². The van der Waals surface area contributed by atoms with E-state index in [4.69, 9.17) is 9.52 Å². The SMILES string of the molecule is CC(NC(=O)c1ccncc1C#CCO)c1ccco1. The lowest BCUT2D eigenvalue weighted by molar-refractivity contribution is 0.0935. The second-order valence-corrected chi connectivity index (χ2v) is 4.09. The standard InChI is InChI=1S/C15H14N2O3/c1-11(14-5-3-9-20-14)17-15(19)13-6-7-16-10-12(13)4-2-8-18/h3,5-7,9-11,18H,8H2,1H3,(H,17,19). The summed E-state index contributed by atoms with van der Waals surface area (Å²) >= 11 is 0. The highest BCUT2D eigenvalue weighted by Gasteiger charge is 2.15. The Labute approximate surface area is 116 Å². The highest BCUT2D eigenvalue weighted by atomic mass is 16.3. The fourth-order valence-corrected chi connectivity index (χ4v) is 1.71. The van der Waals surface area contributed by atoms with Crippen LogP contribution in [0.4, 0.5) is 0 Å². The minimum absolute atomic E-state index is 0.246. The molecule has 0 bridgehead atoms. The molecule has 0 saturated heterocycles. The number of furan rings is 1. The molecule has 0 spiro atoms. The molecule has 5 heteroatoms. The van der Waals surface area contributed by atoms with Crippen molar-refractivity contribution in [2.45, 2.75) is 13.0 Å². The van der Waals surface area contributed by atoms with Gasteiger partial charge in [-0.3, -0.25) is 9.78 Å². The predicted octanol–water partition coefficient (Wildman–Crippen LogP) is 1.51. The molecule has 20 heavy (non-hydrogen) atoms. The fourth-order valence-electron chi connectivity index (χ4n) is 1.71. The van der Waals surface area contributed by atoms with E-state index in [0.717, 1.165) is 0 Å². The van der Waals surface area contributed by atoms with Gasteiger partial charge in [0.1, 0.15) is 12.4 Å². The van der Waals surface area contributed by atoms with E-state index >= 15 is 0 Å². The molecular formula is C15H14N2O3. The second kappa shape index (κ2) is 6.55. The quantitative estimate of drug-likeness (QED) is 0.829. The van der Waals surface area contributed by atoms with Crippen molar-refractivity contribution in [3.05, 3.63) is 53.7 Å². The van der Waals surface area contributed by atoms with E-state index in [1.165, 1.54) is 12.4 Å². The van der Waals surface area contributed by atoms with Crippen LogP contribution in [0.15, 0.2) is 41.3 Å². The largest absolute Gasteiger partial charge is 0.467 e. The van der Waals surface area contributed by atoms with Gasteiger partial charge in [-0.2, -0.15) is 0 Å². The number of rotatable bonds is 3. The molecule has 5 nitrogen and oxygen atoms in total. The molecule has 1 atom stereocenters. The molecule has 2 heterocycles. The molecule has 0 fully saturated rings. The first-order valence-electron chi connectivity index (χ1n) is 6.10. The van der Waals surface area contributed by atoms with Gasteiger partial charge in [0, 0.05) is 12.4 Å². The Morgan fingerprint density at radius 3 is 3.10 bits per heavy atom. The Hall–Kier alpha value is -2.58. The van der Waals surface area contributed by atoms with Gasteiger partial charge in [-0.15, -0.1) is 0 Å². The van der Waals surface area contributed by atoms with E-state index in [1.807, 2.05) is 6.92 Å². The Morgan fingerprint density at radius 2 is 2.40 bits per heavy atom. The number of aliphatic hydroxyl groups excluding tert-OH is 1. The van der Waals surface area contributed by atoms with Crippen LogP contribution in [0.5, 0.6) is 0 Å². The molecule has 1 unspecified atom stereocenters. The summed E-state index contributed by atoms with van der Waals surface area (Å²) < 4.78 is 5.24. The third-order valence-corrected chi connectivity index (χ3v) is 2.69. The van der Waals surface area contributed by atoms with Gasteiger partial charge in [-0.05, 0) is 25.1 Å². The van der Waals surface area contributed by atoms with Gasteiger partial charge < -0.3 is 14.8 Å². The summed E-state index contributed by atoms with van der Waals surface area (Å²) in [6.45, 7) is 1.57. The maximum absolute atomic E-state index is 12.2. The number of carbonyl (C=O) groups is 1. The minimum atomic E-state index is -0.265. The van der Waals surface area contributed by atoms with Crippen LogP contribution in [0.2, 0.25) is 0 Å². The lowest BCUT2D eigenvalue weighted by Crippen LogP contribution is -2.27. The molecule has 0 aliphatic heterocycles. The summed E-state index contributed by atoms with van der Waals surface area (Å²) in [7, 11) is 0. The monoisotopic (exact) mass is 270 g/mol. The minimum Gasteiger partial charge on any atom is -0.467 e. The summed E-state index contributed by atoms with van der Waals surface area (Å²) in [5, 5.41) is 11.5. The van der Waals surface area contributed by atoms with Crippen LogP contribution >= 0.6 is 0 Å².